The van der Waals surface area contributed by atoms with Crippen LogP contribution in [0.3, 0.4) is 0 Å². The highest BCUT2D eigenvalue weighted by molar-refractivity contribution is 14.0. The number of rotatable bonds is 8. The zero-order chi connectivity index (χ0) is 18.9. The second kappa shape index (κ2) is 12.2. The number of thiophene rings is 1. The van der Waals surface area contributed by atoms with E-state index in [1.54, 1.807) is 18.4 Å². The first-order valence-electron chi connectivity index (χ1n) is 8.91. The van der Waals surface area contributed by atoms with Crippen molar-refractivity contribution in [1.29, 1.82) is 0 Å². The van der Waals surface area contributed by atoms with Gasteiger partial charge in [0, 0.05) is 22.8 Å². The maximum absolute atomic E-state index is 5.26. The Labute approximate surface area is 184 Å². The van der Waals surface area contributed by atoms with E-state index in [0.29, 0.717) is 6.54 Å². The summed E-state index contributed by atoms with van der Waals surface area (Å²) in [6.07, 6.45) is 0. The number of hydrogen-bond acceptors (Lipinski definition) is 4. The van der Waals surface area contributed by atoms with Crippen LogP contribution in [0.25, 0.3) is 0 Å². The highest BCUT2D eigenvalue weighted by atomic mass is 127. The van der Waals surface area contributed by atoms with Crippen molar-refractivity contribution < 1.29 is 4.74 Å². The van der Waals surface area contributed by atoms with Crippen molar-refractivity contribution in [3.63, 3.8) is 0 Å². The van der Waals surface area contributed by atoms with Crippen LogP contribution in [0.4, 0.5) is 0 Å². The number of hydrogen-bond donors (Lipinski definition) is 2. The Bertz CT molecular complexity index is 700. The topological polar surface area (TPSA) is 48.9 Å². The number of aliphatic imine (C=N–C) groups is 1. The lowest BCUT2D eigenvalue weighted by Crippen LogP contribution is -2.41. The second-order valence-corrected chi connectivity index (χ2v) is 7.71. The lowest BCUT2D eigenvalue weighted by Gasteiger charge is -2.26. The van der Waals surface area contributed by atoms with E-state index >= 15 is 0 Å². The zero-order valence-electron chi connectivity index (χ0n) is 16.8. The number of halogens is 1. The molecule has 1 heterocycles. The molecule has 0 aliphatic rings. The van der Waals surface area contributed by atoms with Crippen molar-refractivity contribution in [3.05, 3.63) is 51.7 Å². The maximum atomic E-state index is 5.26. The van der Waals surface area contributed by atoms with Crippen LogP contribution in [0.15, 0.2) is 41.4 Å². The van der Waals surface area contributed by atoms with Crippen LogP contribution >= 0.6 is 35.3 Å². The first kappa shape index (κ1) is 23.7. The fourth-order valence-electron chi connectivity index (χ4n) is 2.69. The Kier molecular flexibility index (Phi) is 10.7. The monoisotopic (exact) mass is 502 g/mol. The van der Waals surface area contributed by atoms with Gasteiger partial charge in [-0.2, -0.15) is 0 Å². The van der Waals surface area contributed by atoms with Gasteiger partial charge in [-0.05, 0) is 57.8 Å². The SMILES string of the molecule is CCNC(=NCc1ccc(C)s1)NCC(c1ccc(OC)cc1)N(C)C.I. The fraction of sp³-hybridized carbons (Fsp3) is 0.450. The van der Waals surface area contributed by atoms with E-state index in [0.717, 1.165) is 24.8 Å². The smallest absolute Gasteiger partial charge is 0.191 e. The molecular weight excluding hydrogens is 471 g/mol. The Morgan fingerprint density at radius 3 is 2.37 bits per heavy atom. The molecular formula is C20H31IN4OS. The average molecular weight is 502 g/mol. The van der Waals surface area contributed by atoms with E-state index < -0.39 is 0 Å². The third kappa shape index (κ3) is 7.67. The molecule has 150 valence electrons. The molecule has 0 aliphatic heterocycles. The predicted molar refractivity (Wildman–Crippen MR) is 127 cm³/mol. The molecule has 0 saturated carbocycles. The summed E-state index contributed by atoms with van der Waals surface area (Å²) in [5, 5.41) is 6.81. The van der Waals surface area contributed by atoms with Gasteiger partial charge in [-0.3, -0.25) is 0 Å². The van der Waals surface area contributed by atoms with Crippen LogP contribution in [0.5, 0.6) is 5.75 Å². The average Bonchev–Trinajstić information content (AvgIpc) is 3.05. The van der Waals surface area contributed by atoms with Gasteiger partial charge in [0.15, 0.2) is 5.96 Å². The number of benzene rings is 1. The Hall–Kier alpha value is -1.32. The molecule has 1 aromatic heterocycles. The van der Waals surface area contributed by atoms with Crippen LogP contribution in [0.2, 0.25) is 0 Å². The molecule has 1 unspecified atom stereocenters. The minimum Gasteiger partial charge on any atom is -0.497 e. The standard InChI is InChI=1S/C20H30N4OS.HI/c1-6-21-20(22-13-18-12-7-15(2)26-18)23-14-19(24(3)4)16-8-10-17(25-5)11-9-16;/h7-12,19H,6,13-14H2,1-5H3,(H2,21,22,23);1H. The molecule has 0 saturated heterocycles. The summed E-state index contributed by atoms with van der Waals surface area (Å²) < 4.78 is 5.26. The molecule has 1 aromatic carbocycles. The highest BCUT2D eigenvalue weighted by Crippen LogP contribution is 2.21. The number of methoxy groups -OCH3 is 1. The molecule has 0 fully saturated rings. The summed E-state index contributed by atoms with van der Waals surface area (Å²) in [6.45, 7) is 6.51. The summed E-state index contributed by atoms with van der Waals surface area (Å²) >= 11 is 1.79. The van der Waals surface area contributed by atoms with E-state index in [-0.39, 0.29) is 30.0 Å². The molecule has 0 amide bonds. The van der Waals surface area contributed by atoms with Crippen LogP contribution < -0.4 is 15.4 Å². The van der Waals surface area contributed by atoms with E-state index in [1.165, 1.54) is 15.3 Å². The third-order valence-corrected chi connectivity index (χ3v) is 5.11. The minimum absolute atomic E-state index is 0. The van der Waals surface area contributed by atoms with Gasteiger partial charge < -0.3 is 20.3 Å². The minimum atomic E-state index is 0. The Balaban J connectivity index is 0.00000364. The van der Waals surface area contributed by atoms with Gasteiger partial charge in [-0.15, -0.1) is 35.3 Å². The van der Waals surface area contributed by atoms with Crippen molar-refractivity contribution in [3.8, 4) is 5.75 Å². The van der Waals surface area contributed by atoms with Crippen LogP contribution in [-0.2, 0) is 6.54 Å². The Morgan fingerprint density at radius 1 is 1.15 bits per heavy atom. The van der Waals surface area contributed by atoms with Gasteiger partial charge in [-0.1, -0.05) is 12.1 Å². The number of nitrogens with one attached hydrogen (secondary N) is 2. The number of likely N-dealkylation sites (N-methyl/N-ethyl adjacent to an activating group) is 1. The number of nitrogens with zero attached hydrogens (tertiary/aromatic N) is 2. The molecule has 0 aliphatic carbocycles. The van der Waals surface area contributed by atoms with E-state index in [2.05, 4.69) is 67.7 Å². The first-order chi connectivity index (χ1) is 12.5. The molecule has 7 heteroatoms. The lowest BCUT2D eigenvalue weighted by molar-refractivity contribution is 0.298. The Morgan fingerprint density at radius 2 is 1.85 bits per heavy atom. The molecule has 2 N–H and O–H groups in total. The summed E-state index contributed by atoms with van der Waals surface area (Å²) in [7, 11) is 5.87. The van der Waals surface area contributed by atoms with E-state index in [4.69, 9.17) is 9.73 Å². The zero-order valence-corrected chi connectivity index (χ0v) is 19.9. The normalized spacial score (nSPS) is 12.4. The predicted octanol–water partition coefficient (Wildman–Crippen LogP) is 4.04. The largest absolute Gasteiger partial charge is 0.497 e. The van der Waals surface area contributed by atoms with E-state index in [1.807, 2.05) is 12.1 Å². The van der Waals surface area contributed by atoms with Crippen molar-refractivity contribution in [1.82, 2.24) is 15.5 Å². The van der Waals surface area contributed by atoms with Gasteiger partial charge in [0.1, 0.15) is 5.75 Å². The molecule has 0 radical (unpaired) electrons. The summed E-state index contributed by atoms with van der Waals surface area (Å²) in [6, 6.07) is 12.8. The van der Waals surface area contributed by atoms with Crippen LogP contribution in [-0.4, -0.2) is 45.2 Å². The van der Waals surface area contributed by atoms with Crippen LogP contribution in [0.1, 0.15) is 28.3 Å². The second-order valence-electron chi connectivity index (χ2n) is 6.34. The lowest BCUT2D eigenvalue weighted by atomic mass is 10.1. The molecule has 2 rings (SSSR count). The fourth-order valence-corrected chi connectivity index (χ4v) is 3.50. The van der Waals surface area contributed by atoms with Crippen LogP contribution in [0, 0.1) is 6.92 Å². The molecule has 5 nitrogen and oxygen atoms in total. The molecule has 0 bridgehead atoms. The quantitative estimate of drug-likeness (QED) is 0.325. The molecule has 2 aromatic rings. The van der Waals surface area contributed by atoms with Crippen molar-refractivity contribution >= 4 is 41.3 Å². The van der Waals surface area contributed by atoms with Gasteiger partial charge >= 0.3 is 0 Å². The van der Waals surface area contributed by atoms with Gasteiger partial charge in [0.05, 0.1) is 19.7 Å². The summed E-state index contributed by atoms with van der Waals surface area (Å²) in [5.41, 5.74) is 1.24. The molecule has 0 spiro atoms. The van der Waals surface area contributed by atoms with Crippen molar-refractivity contribution in [2.45, 2.75) is 26.4 Å². The van der Waals surface area contributed by atoms with Gasteiger partial charge in [0.25, 0.3) is 0 Å². The number of guanidine groups is 1. The summed E-state index contributed by atoms with van der Waals surface area (Å²) in [5.74, 6) is 1.72. The molecule has 1 atom stereocenters. The number of aryl methyl sites for hydroxylation is 1. The van der Waals surface area contributed by atoms with Gasteiger partial charge in [0.2, 0.25) is 0 Å². The molecule has 27 heavy (non-hydrogen) atoms. The first-order valence-corrected chi connectivity index (χ1v) is 9.73. The van der Waals surface area contributed by atoms with Crippen molar-refractivity contribution in [2.24, 2.45) is 4.99 Å². The van der Waals surface area contributed by atoms with Crippen molar-refractivity contribution in [2.75, 3.05) is 34.3 Å². The number of ether oxygens (including phenoxy) is 1. The van der Waals surface area contributed by atoms with E-state index in [9.17, 15) is 0 Å². The van der Waals surface area contributed by atoms with Gasteiger partial charge in [-0.25, -0.2) is 4.99 Å². The highest BCUT2D eigenvalue weighted by Gasteiger charge is 2.15. The summed E-state index contributed by atoms with van der Waals surface area (Å²) in [4.78, 5) is 9.52. The third-order valence-electron chi connectivity index (χ3n) is 4.12. The maximum Gasteiger partial charge on any atom is 0.191 e.